The number of benzene rings is 2. The van der Waals surface area contributed by atoms with E-state index in [4.69, 9.17) is 15.7 Å². The lowest BCUT2D eigenvalue weighted by atomic mass is 10.1. The van der Waals surface area contributed by atoms with Crippen LogP contribution in [0.15, 0.2) is 42.7 Å². The summed E-state index contributed by atoms with van der Waals surface area (Å²) in [6.45, 7) is -9.99. The van der Waals surface area contributed by atoms with Crippen molar-refractivity contribution >= 4 is 17.3 Å². The fraction of sp³-hybridized carbons (Fsp3) is 0.417. The van der Waals surface area contributed by atoms with Crippen molar-refractivity contribution in [2.45, 2.75) is 25.8 Å². The lowest BCUT2D eigenvalue weighted by Gasteiger charge is -2.41. The van der Waals surface area contributed by atoms with Gasteiger partial charge in [-0.25, -0.2) is 13.5 Å². The average molecular weight is 463 g/mol. The molecular weight excluding hydrogens is 426 g/mol. The smallest absolute Gasteiger partial charge is 0.246 e. The summed E-state index contributed by atoms with van der Waals surface area (Å²) in [6.07, 6.45) is 2.06. The molecule has 1 N–H and O–H groups in total. The molecule has 2 aliphatic heterocycles. The molecule has 2 aromatic carbocycles. The van der Waals surface area contributed by atoms with Crippen LogP contribution >= 0.6 is 0 Å². The van der Waals surface area contributed by atoms with Crippen LogP contribution in [0.1, 0.15) is 29.4 Å². The van der Waals surface area contributed by atoms with Crippen molar-refractivity contribution in [1.29, 1.82) is 0 Å². The lowest BCUT2D eigenvalue weighted by molar-refractivity contribution is 0.0159. The minimum atomic E-state index is -3.04. The van der Waals surface area contributed by atoms with Gasteiger partial charge in [-0.1, -0.05) is 0 Å². The van der Waals surface area contributed by atoms with Gasteiger partial charge in [0.15, 0.2) is 0 Å². The summed E-state index contributed by atoms with van der Waals surface area (Å²) in [4.78, 5) is 5.23. The van der Waals surface area contributed by atoms with E-state index in [-0.39, 0.29) is 29.6 Å². The molecule has 5 rings (SSSR count). The Bertz CT molecular complexity index is 1400. The van der Waals surface area contributed by atoms with E-state index in [1.165, 1.54) is 18.5 Å². The molecule has 2 fully saturated rings. The van der Waals surface area contributed by atoms with Crippen LogP contribution in [-0.2, 0) is 4.74 Å². The zero-order chi connectivity index (χ0) is 30.0. The number of nitrogens with zero attached hydrogens (tertiary/aromatic N) is 5. The molecule has 9 heteroatoms. The predicted octanol–water partition coefficient (Wildman–Crippen LogP) is 3.90. The van der Waals surface area contributed by atoms with Crippen LogP contribution < -0.4 is 10.2 Å². The van der Waals surface area contributed by atoms with Crippen molar-refractivity contribution in [2.75, 3.05) is 49.4 Å². The highest BCUT2D eigenvalue weighted by atomic mass is 19.1. The molecular formula is C24H28F2N6O. The summed E-state index contributed by atoms with van der Waals surface area (Å²) in [6, 6.07) is 6.36. The topological polar surface area (TPSA) is 58.5 Å². The third kappa shape index (κ3) is 5.15. The first-order valence-corrected chi connectivity index (χ1v) is 10.5. The molecule has 3 heterocycles. The number of nitrogens with one attached hydrogen (secondary N) is 1. The Morgan fingerprint density at radius 1 is 1.03 bits per heavy atom. The molecule has 33 heavy (non-hydrogen) atoms. The van der Waals surface area contributed by atoms with E-state index in [0.29, 0.717) is 34.8 Å². The summed E-state index contributed by atoms with van der Waals surface area (Å²) >= 11 is 0. The van der Waals surface area contributed by atoms with Gasteiger partial charge < -0.3 is 15.0 Å². The Kier molecular flexibility index (Phi) is 4.08. The van der Waals surface area contributed by atoms with Gasteiger partial charge in [0.2, 0.25) is 5.95 Å². The minimum Gasteiger partial charge on any atom is -0.380 e. The molecule has 1 aromatic heterocycles. The largest absolute Gasteiger partial charge is 0.380 e. The number of hydrogen-bond donors (Lipinski definition) is 1. The third-order valence-corrected chi connectivity index (χ3v) is 5.25. The number of halogens is 2. The molecule has 0 amide bonds. The Hall–Kier alpha value is -3.04. The normalized spacial score (nSPS) is 29.3. The number of aromatic nitrogens is 3. The molecule has 7 nitrogen and oxygen atoms in total. The van der Waals surface area contributed by atoms with Gasteiger partial charge in [-0.05, 0) is 55.7 Å². The van der Waals surface area contributed by atoms with Gasteiger partial charge >= 0.3 is 0 Å². The molecule has 0 aliphatic carbocycles. The molecule has 1 atom stereocenters. The number of ether oxygens (including phenoxy) is 1. The predicted molar refractivity (Wildman–Crippen MR) is 123 cm³/mol. The average Bonchev–Trinajstić information content (AvgIpc) is 3.31. The highest BCUT2D eigenvalue weighted by Crippen LogP contribution is 2.26. The second kappa shape index (κ2) is 9.44. The van der Waals surface area contributed by atoms with E-state index in [1.807, 2.05) is 0 Å². The third-order valence-electron chi connectivity index (χ3n) is 5.25. The van der Waals surface area contributed by atoms with Crippen molar-refractivity contribution in [2.24, 2.45) is 0 Å². The van der Waals surface area contributed by atoms with E-state index in [9.17, 15) is 8.78 Å². The number of aryl methyl sites for hydroxylation is 1. The second-order valence-electron chi connectivity index (χ2n) is 7.85. The Labute approximate surface area is 203 Å². The number of hydrogen-bond acceptors (Lipinski definition) is 6. The lowest BCUT2D eigenvalue weighted by Crippen LogP contribution is -2.52. The fourth-order valence-corrected chi connectivity index (χ4v) is 3.71. The van der Waals surface area contributed by atoms with Crippen LogP contribution in [0.3, 0.4) is 0 Å². The maximum atomic E-state index is 13.7. The van der Waals surface area contributed by atoms with Gasteiger partial charge in [0, 0.05) is 61.6 Å². The first-order chi connectivity index (χ1) is 19.1. The maximum Gasteiger partial charge on any atom is 0.246 e. The summed E-state index contributed by atoms with van der Waals surface area (Å²) in [5.41, 5.74) is 0.743. The Morgan fingerprint density at radius 3 is 2.55 bits per heavy atom. The molecule has 2 aliphatic rings. The van der Waals surface area contributed by atoms with Crippen LogP contribution in [0.25, 0.3) is 5.69 Å². The first kappa shape index (κ1) is 14.3. The standard InChI is InChI=1S/C24H28F2N6O/c1-17-9-20(28-24-27-16-32(29-24)23-12-18(25)11-19(26)13-23)14-22(10-17)31-6-4-30(5-7-31)21-3-2-8-33-15-21/h9-14,16,21H,2-8,15H2,1H3,(H,28,29)/i4D2,5D2,6D2,7D2. The van der Waals surface area contributed by atoms with Crippen LogP contribution in [0.5, 0.6) is 0 Å². The van der Waals surface area contributed by atoms with Crippen molar-refractivity contribution < 1.29 is 24.5 Å². The fourth-order valence-electron chi connectivity index (χ4n) is 3.71. The number of anilines is 3. The van der Waals surface area contributed by atoms with E-state index < -0.39 is 43.7 Å². The zero-order valence-corrected chi connectivity index (χ0v) is 17.8. The van der Waals surface area contributed by atoms with Crippen molar-refractivity contribution in [3.8, 4) is 5.69 Å². The van der Waals surface area contributed by atoms with Crippen LogP contribution in [0, 0.1) is 18.6 Å². The van der Waals surface area contributed by atoms with Crippen LogP contribution in [0.4, 0.5) is 26.1 Å². The van der Waals surface area contributed by atoms with Crippen molar-refractivity contribution in [3.63, 3.8) is 0 Å². The maximum absolute atomic E-state index is 13.7. The van der Waals surface area contributed by atoms with E-state index in [2.05, 4.69) is 15.4 Å². The van der Waals surface area contributed by atoms with Crippen LogP contribution in [-0.4, -0.2) is 64.9 Å². The second-order valence-corrected chi connectivity index (χ2v) is 7.85. The monoisotopic (exact) mass is 462 g/mol. The molecule has 3 aromatic rings. The molecule has 0 bridgehead atoms. The summed E-state index contributed by atoms with van der Waals surface area (Å²) in [7, 11) is 0. The molecule has 0 saturated carbocycles. The molecule has 2 saturated heterocycles. The van der Waals surface area contributed by atoms with E-state index in [0.717, 1.165) is 22.9 Å². The van der Waals surface area contributed by atoms with Crippen molar-refractivity contribution in [3.05, 3.63) is 59.9 Å². The number of piperazine rings is 1. The highest BCUT2D eigenvalue weighted by molar-refractivity contribution is 5.64. The van der Waals surface area contributed by atoms with Gasteiger partial charge in [-0.15, -0.1) is 5.10 Å². The van der Waals surface area contributed by atoms with Crippen molar-refractivity contribution in [1.82, 2.24) is 19.7 Å². The SMILES string of the molecule is [2H]C1([2H])N(c2cc(C)cc(Nc3ncn(-c4cc(F)cc(F)c4)n3)c2)C([2H])([2H])C([2H])([2H])N(C2CCCOC2)C1([2H])[2H]. The Morgan fingerprint density at radius 2 is 1.82 bits per heavy atom. The quantitative estimate of drug-likeness (QED) is 0.621. The van der Waals surface area contributed by atoms with E-state index in [1.54, 1.807) is 13.0 Å². The summed E-state index contributed by atoms with van der Waals surface area (Å²) < 4.78 is 104. The van der Waals surface area contributed by atoms with E-state index >= 15 is 0 Å². The van der Waals surface area contributed by atoms with Gasteiger partial charge in [-0.2, -0.15) is 4.98 Å². The zero-order valence-electron chi connectivity index (χ0n) is 25.8. The molecule has 1 unspecified atom stereocenters. The first-order valence-electron chi connectivity index (χ1n) is 14.5. The molecule has 174 valence electrons. The number of rotatable bonds is 5. The minimum absolute atomic E-state index is 0.00465. The highest BCUT2D eigenvalue weighted by Gasteiger charge is 2.26. The Balaban J connectivity index is 1.51. The van der Waals surface area contributed by atoms with Gasteiger partial charge in [0.25, 0.3) is 0 Å². The summed E-state index contributed by atoms with van der Waals surface area (Å²) in [5.74, 6) is -1.59. The molecule has 0 spiro atoms. The van der Waals surface area contributed by atoms with Gasteiger partial charge in [0.05, 0.1) is 17.8 Å². The summed E-state index contributed by atoms with van der Waals surface area (Å²) in [5, 5.41) is 7.04. The van der Waals surface area contributed by atoms with Gasteiger partial charge in [-0.3, -0.25) is 4.90 Å². The molecule has 0 radical (unpaired) electrons. The van der Waals surface area contributed by atoms with Gasteiger partial charge in [0.1, 0.15) is 18.0 Å². The van der Waals surface area contributed by atoms with Crippen LogP contribution in [0.2, 0.25) is 0 Å².